The Morgan fingerprint density at radius 1 is 1.50 bits per heavy atom. The van der Waals surface area contributed by atoms with Crippen LogP contribution in [0, 0.1) is 5.92 Å². The zero-order valence-electron chi connectivity index (χ0n) is 8.74. The number of esters is 1. The second-order valence-electron chi connectivity index (χ2n) is 3.26. The zero-order chi connectivity index (χ0) is 11.2. The molecule has 0 aliphatic rings. The molecular formula is C8H17NO4S. The van der Waals surface area contributed by atoms with Gasteiger partial charge in [0.25, 0.3) is 0 Å². The highest BCUT2D eigenvalue weighted by Gasteiger charge is 2.12. The number of methoxy groups -OCH3 is 1. The molecule has 0 aromatic heterocycles. The summed E-state index contributed by atoms with van der Waals surface area (Å²) in [5.41, 5.74) is 0. The topological polar surface area (TPSA) is 72.5 Å². The second kappa shape index (κ2) is 5.98. The molecule has 1 unspecified atom stereocenters. The molecule has 0 rings (SSSR count). The highest BCUT2D eigenvalue weighted by molar-refractivity contribution is 7.90. The van der Waals surface area contributed by atoms with Gasteiger partial charge in [0.05, 0.1) is 18.8 Å². The second-order valence-corrected chi connectivity index (χ2v) is 5.52. The van der Waals surface area contributed by atoms with Crippen molar-refractivity contribution in [1.82, 2.24) is 5.32 Å². The lowest BCUT2D eigenvalue weighted by molar-refractivity contribution is -0.144. The Kier molecular flexibility index (Phi) is 5.71. The van der Waals surface area contributed by atoms with Crippen LogP contribution in [0.4, 0.5) is 0 Å². The number of sulfone groups is 1. The third-order valence-electron chi connectivity index (χ3n) is 1.70. The van der Waals surface area contributed by atoms with Crippen molar-refractivity contribution in [2.24, 2.45) is 5.92 Å². The zero-order valence-corrected chi connectivity index (χ0v) is 9.56. The van der Waals surface area contributed by atoms with Crippen LogP contribution in [-0.2, 0) is 19.4 Å². The van der Waals surface area contributed by atoms with E-state index in [1.54, 1.807) is 6.92 Å². The summed E-state index contributed by atoms with van der Waals surface area (Å²) in [5.74, 6) is -0.461. The predicted molar refractivity (Wildman–Crippen MR) is 53.8 cm³/mol. The molecule has 84 valence electrons. The molecule has 0 aliphatic heterocycles. The van der Waals surface area contributed by atoms with E-state index in [1.165, 1.54) is 13.4 Å². The molecule has 0 fully saturated rings. The first-order chi connectivity index (χ1) is 6.37. The summed E-state index contributed by atoms with van der Waals surface area (Å²) in [4.78, 5) is 10.9. The third-order valence-corrected chi connectivity index (χ3v) is 2.65. The molecule has 0 saturated carbocycles. The van der Waals surface area contributed by atoms with E-state index in [1.807, 2.05) is 0 Å². The Balaban J connectivity index is 3.60. The fraction of sp³-hybridized carbons (Fsp3) is 0.875. The van der Waals surface area contributed by atoms with Crippen LogP contribution in [0.15, 0.2) is 0 Å². The summed E-state index contributed by atoms with van der Waals surface area (Å²) >= 11 is 0. The Hall–Kier alpha value is -0.620. The van der Waals surface area contributed by atoms with Crippen molar-refractivity contribution in [1.29, 1.82) is 0 Å². The van der Waals surface area contributed by atoms with Gasteiger partial charge in [0.1, 0.15) is 9.84 Å². The Bertz CT molecular complexity index is 273. The van der Waals surface area contributed by atoms with Gasteiger partial charge in [0.2, 0.25) is 0 Å². The third kappa shape index (κ3) is 6.85. The Morgan fingerprint density at radius 3 is 2.50 bits per heavy atom. The normalized spacial score (nSPS) is 13.6. The molecule has 1 N–H and O–H groups in total. The van der Waals surface area contributed by atoms with Crippen LogP contribution >= 0.6 is 0 Å². The molecule has 0 aromatic carbocycles. The van der Waals surface area contributed by atoms with Crippen molar-refractivity contribution in [3.8, 4) is 0 Å². The van der Waals surface area contributed by atoms with Gasteiger partial charge in [-0.05, 0) is 0 Å². The molecule has 0 aliphatic carbocycles. The number of rotatable bonds is 6. The van der Waals surface area contributed by atoms with Gasteiger partial charge in [-0.1, -0.05) is 6.92 Å². The van der Waals surface area contributed by atoms with Crippen molar-refractivity contribution in [2.75, 3.05) is 32.2 Å². The smallest absolute Gasteiger partial charge is 0.309 e. The number of ether oxygens (including phenoxy) is 1. The van der Waals surface area contributed by atoms with E-state index >= 15 is 0 Å². The highest BCUT2D eigenvalue weighted by Crippen LogP contribution is 1.94. The fourth-order valence-electron chi connectivity index (χ4n) is 0.861. The molecule has 0 amide bonds. The molecule has 1 atom stereocenters. The molecule has 5 nitrogen and oxygen atoms in total. The van der Waals surface area contributed by atoms with Crippen LogP contribution in [0.5, 0.6) is 0 Å². The van der Waals surface area contributed by atoms with Crippen molar-refractivity contribution in [2.45, 2.75) is 6.92 Å². The molecular weight excluding hydrogens is 206 g/mol. The SMILES string of the molecule is COC(=O)C(C)CNCCS(C)(=O)=O. The standard InChI is InChI=1S/C8H17NO4S/c1-7(8(10)13-2)6-9-4-5-14(3,11)12/h7,9H,4-6H2,1-3H3. The molecule has 6 heteroatoms. The first-order valence-corrected chi connectivity index (χ1v) is 6.39. The monoisotopic (exact) mass is 223 g/mol. The molecule has 0 saturated heterocycles. The molecule has 0 bridgehead atoms. The molecule has 14 heavy (non-hydrogen) atoms. The van der Waals surface area contributed by atoms with E-state index in [2.05, 4.69) is 10.1 Å². The molecule has 0 radical (unpaired) electrons. The summed E-state index contributed by atoms with van der Waals surface area (Å²) in [6, 6.07) is 0. The average Bonchev–Trinajstić information content (AvgIpc) is 2.09. The first kappa shape index (κ1) is 13.4. The van der Waals surface area contributed by atoms with Crippen molar-refractivity contribution in [3.63, 3.8) is 0 Å². The van der Waals surface area contributed by atoms with E-state index in [4.69, 9.17) is 0 Å². The van der Waals surface area contributed by atoms with Gasteiger partial charge >= 0.3 is 5.97 Å². The first-order valence-electron chi connectivity index (χ1n) is 4.33. The summed E-state index contributed by atoms with van der Waals surface area (Å²) in [6.07, 6.45) is 1.18. The molecule has 0 heterocycles. The number of carbonyl (C=O) groups excluding carboxylic acids is 1. The van der Waals surface area contributed by atoms with Gasteiger partial charge in [-0.2, -0.15) is 0 Å². The number of hydrogen-bond acceptors (Lipinski definition) is 5. The summed E-state index contributed by atoms with van der Waals surface area (Å²) in [7, 11) is -1.60. The van der Waals surface area contributed by atoms with E-state index in [9.17, 15) is 13.2 Å². The lowest BCUT2D eigenvalue weighted by atomic mass is 10.2. The van der Waals surface area contributed by atoms with Crippen LogP contribution < -0.4 is 5.32 Å². The molecule has 0 spiro atoms. The van der Waals surface area contributed by atoms with E-state index in [0.29, 0.717) is 13.1 Å². The number of hydrogen-bond donors (Lipinski definition) is 1. The van der Waals surface area contributed by atoms with Crippen molar-refractivity contribution in [3.05, 3.63) is 0 Å². The summed E-state index contributed by atoms with van der Waals surface area (Å²) < 4.78 is 26.0. The van der Waals surface area contributed by atoms with Crippen LogP contribution in [0.2, 0.25) is 0 Å². The van der Waals surface area contributed by atoms with Gasteiger partial charge in [-0.25, -0.2) is 8.42 Å². The Morgan fingerprint density at radius 2 is 2.07 bits per heavy atom. The van der Waals surface area contributed by atoms with Gasteiger partial charge in [0, 0.05) is 19.3 Å². The van der Waals surface area contributed by atoms with Crippen molar-refractivity contribution >= 4 is 15.8 Å². The van der Waals surface area contributed by atoms with E-state index in [0.717, 1.165) is 0 Å². The maximum absolute atomic E-state index is 10.9. The maximum atomic E-state index is 10.9. The summed E-state index contributed by atoms with van der Waals surface area (Å²) in [5, 5.41) is 2.88. The van der Waals surface area contributed by atoms with Crippen LogP contribution in [0.1, 0.15) is 6.92 Å². The maximum Gasteiger partial charge on any atom is 0.309 e. The van der Waals surface area contributed by atoms with Gasteiger partial charge in [0.15, 0.2) is 0 Å². The predicted octanol–water partition coefficient (Wildman–Crippen LogP) is -0.570. The lowest BCUT2D eigenvalue weighted by Gasteiger charge is -2.09. The minimum Gasteiger partial charge on any atom is -0.469 e. The highest BCUT2D eigenvalue weighted by atomic mass is 32.2. The van der Waals surface area contributed by atoms with Crippen LogP contribution in [0.3, 0.4) is 0 Å². The fourth-order valence-corrected chi connectivity index (χ4v) is 1.38. The van der Waals surface area contributed by atoms with Crippen molar-refractivity contribution < 1.29 is 17.9 Å². The average molecular weight is 223 g/mol. The lowest BCUT2D eigenvalue weighted by Crippen LogP contribution is -2.30. The van der Waals surface area contributed by atoms with Crippen LogP contribution in [0.25, 0.3) is 0 Å². The van der Waals surface area contributed by atoms with Gasteiger partial charge in [-0.15, -0.1) is 0 Å². The molecule has 0 aromatic rings. The van der Waals surface area contributed by atoms with Gasteiger partial charge in [-0.3, -0.25) is 4.79 Å². The van der Waals surface area contributed by atoms with Gasteiger partial charge < -0.3 is 10.1 Å². The number of carbonyl (C=O) groups is 1. The number of nitrogens with one attached hydrogen (secondary N) is 1. The summed E-state index contributed by atoms with van der Waals surface area (Å²) in [6.45, 7) is 2.52. The minimum absolute atomic E-state index is 0.0842. The largest absolute Gasteiger partial charge is 0.469 e. The van der Waals surface area contributed by atoms with Crippen LogP contribution in [-0.4, -0.2) is 46.6 Å². The quantitative estimate of drug-likeness (QED) is 0.482. The van der Waals surface area contributed by atoms with E-state index < -0.39 is 9.84 Å². The Labute approximate surface area is 84.7 Å². The van der Waals surface area contributed by atoms with E-state index in [-0.39, 0.29) is 17.6 Å². The minimum atomic E-state index is -2.93.